The molecule has 2 aromatic rings. The Hall–Kier alpha value is -1.99. The van der Waals surface area contributed by atoms with Crippen LogP contribution in [0, 0.1) is 18.3 Å². The number of hydrogen-bond donors (Lipinski definition) is 1. The van der Waals surface area contributed by atoms with Crippen LogP contribution in [-0.4, -0.2) is 23.9 Å². The van der Waals surface area contributed by atoms with Gasteiger partial charge in [0.1, 0.15) is 4.88 Å². The van der Waals surface area contributed by atoms with Crippen molar-refractivity contribution in [1.29, 1.82) is 0 Å². The van der Waals surface area contributed by atoms with Crippen molar-refractivity contribution in [2.75, 3.05) is 18.8 Å². The maximum atomic E-state index is 12.6. The van der Waals surface area contributed by atoms with Crippen molar-refractivity contribution in [2.45, 2.75) is 12.8 Å². The van der Waals surface area contributed by atoms with Gasteiger partial charge in [0.2, 0.25) is 0 Å². The van der Waals surface area contributed by atoms with Crippen molar-refractivity contribution in [2.24, 2.45) is 5.92 Å². The summed E-state index contributed by atoms with van der Waals surface area (Å²) in [5.74, 6) is 3.15. The summed E-state index contributed by atoms with van der Waals surface area (Å²) in [5.41, 5.74) is 6.71. The predicted molar refractivity (Wildman–Crippen MR) is 83.7 cm³/mol. The lowest BCUT2D eigenvalue weighted by Gasteiger charge is -2.19. The van der Waals surface area contributed by atoms with Gasteiger partial charge in [-0.15, -0.1) is 17.8 Å². The van der Waals surface area contributed by atoms with E-state index in [1.165, 1.54) is 24.2 Å². The molecule has 4 heteroatoms. The van der Waals surface area contributed by atoms with Crippen LogP contribution in [0.2, 0.25) is 0 Å². The minimum absolute atomic E-state index is 0.0337. The number of carbonyl (C=O) groups excluding carboxylic acids is 1. The fourth-order valence-electron chi connectivity index (χ4n) is 2.31. The van der Waals surface area contributed by atoms with E-state index in [-0.39, 0.29) is 5.91 Å². The molecule has 1 amide bonds. The van der Waals surface area contributed by atoms with Gasteiger partial charge in [0.05, 0.1) is 12.2 Å². The van der Waals surface area contributed by atoms with Gasteiger partial charge in [-0.2, -0.15) is 0 Å². The summed E-state index contributed by atoms with van der Waals surface area (Å²) in [4.78, 5) is 15.0. The molecule has 0 aliphatic heterocycles. The summed E-state index contributed by atoms with van der Waals surface area (Å²) < 4.78 is 1.04. The number of fused-ring (bicyclic) bond motifs is 1. The number of amides is 1. The van der Waals surface area contributed by atoms with E-state index in [2.05, 4.69) is 5.92 Å². The molecule has 1 heterocycles. The number of rotatable bonds is 4. The number of nitrogen functional groups attached to an aromatic ring is 1. The molecule has 1 aromatic carbocycles. The maximum absolute atomic E-state index is 12.6. The van der Waals surface area contributed by atoms with Crippen molar-refractivity contribution in [3.05, 3.63) is 29.1 Å². The summed E-state index contributed by atoms with van der Waals surface area (Å²) in [6.07, 6.45) is 7.76. The van der Waals surface area contributed by atoms with Gasteiger partial charge >= 0.3 is 0 Å². The Bertz CT molecular complexity index is 694. The molecule has 0 radical (unpaired) electrons. The average Bonchev–Trinajstić information content (AvgIpc) is 3.21. The Labute approximate surface area is 122 Å². The Morgan fingerprint density at radius 2 is 2.20 bits per heavy atom. The van der Waals surface area contributed by atoms with Crippen LogP contribution in [0.5, 0.6) is 0 Å². The Kier molecular flexibility index (Phi) is 3.37. The molecule has 0 saturated heterocycles. The lowest BCUT2D eigenvalue weighted by atomic mass is 10.2. The first-order chi connectivity index (χ1) is 9.70. The molecule has 102 valence electrons. The van der Waals surface area contributed by atoms with Crippen molar-refractivity contribution >= 4 is 33.0 Å². The second kappa shape index (κ2) is 5.18. The number of hydrogen-bond acceptors (Lipinski definition) is 3. The first-order valence-corrected chi connectivity index (χ1v) is 7.52. The van der Waals surface area contributed by atoms with Crippen LogP contribution in [0.3, 0.4) is 0 Å². The lowest BCUT2D eigenvalue weighted by Crippen LogP contribution is -2.33. The highest BCUT2D eigenvalue weighted by molar-refractivity contribution is 7.21. The van der Waals surface area contributed by atoms with Crippen LogP contribution < -0.4 is 5.73 Å². The first kappa shape index (κ1) is 13.0. The zero-order valence-corrected chi connectivity index (χ0v) is 12.0. The number of benzene rings is 1. The van der Waals surface area contributed by atoms with Crippen LogP contribution in [0.1, 0.15) is 22.5 Å². The lowest BCUT2D eigenvalue weighted by molar-refractivity contribution is 0.0775. The molecule has 0 bridgehead atoms. The zero-order chi connectivity index (χ0) is 14.1. The monoisotopic (exact) mass is 284 g/mol. The summed E-state index contributed by atoms with van der Waals surface area (Å²) in [5, 5.41) is 0.952. The van der Waals surface area contributed by atoms with Gasteiger partial charge < -0.3 is 10.6 Å². The van der Waals surface area contributed by atoms with Crippen LogP contribution in [-0.2, 0) is 0 Å². The highest BCUT2D eigenvalue weighted by Gasteiger charge is 2.28. The smallest absolute Gasteiger partial charge is 0.266 e. The average molecular weight is 284 g/mol. The number of nitrogens with zero attached hydrogens (tertiary/aromatic N) is 1. The molecular weight excluding hydrogens is 268 g/mol. The number of nitrogens with two attached hydrogens (primary N) is 1. The van der Waals surface area contributed by atoms with E-state index in [0.29, 0.717) is 23.0 Å². The number of carbonyl (C=O) groups is 1. The Morgan fingerprint density at radius 1 is 1.45 bits per heavy atom. The van der Waals surface area contributed by atoms with E-state index in [1.807, 2.05) is 24.3 Å². The normalized spacial score (nSPS) is 14.2. The molecule has 1 saturated carbocycles. The van der Waals surface area contributed by atoms with Crippen LogP contribution in [0.25, 0.3) is 10.1 Å². The molecular formula is C16H16N2OS. The third kappa shape index (κ3) is 2.37. The van der Waals surface area contributed by atoms with Crippen molar-refractivity contribution in [3.63, 3.8) is 0 Å². The van der Waals surface area contributed by atoms with E-state index in [1.54, 1.807) is 4.90 Å². The molecule has 1 fully saturated rings. The van der Waals surface area contributed by atoms with Gasteiger partial charge in [-0.1, -0.05) is 24.1 Å². The Morgan fingerprint density at radius 3 is 2.85 bits per heavy atom. The van der Waals surface area contributed by atoms with Crippen LogP contribution >= 0.6 is 11.3 Å². The Balaban J connectivity index is 1.93. The predicted octanol–water partition coefficient (Wildman–Crippen LogP) is 2.97. The van der Waals surface area contributed by atoms with Crippen molar-refractivity contribution < 1.29 is 4.79 Å². The van der Waals surface area contributed by atoms with Crippen molar-refractivity contribution in [3.8, 4) is 12.3 Å². The van der Waals surface area contributed by atoms with E-state index in [4.69, 9.17) is 12.2 Å². The molecule has 0 unspecified atom stereocenters. The quantitative estimate of drug-likeness (QED) is 0.877. The molecule has 1 aromatic heterocycles. The third-order valence-electron chi connectivity index (χ3n) is 3.57. The van der Waals surface area contributed by atoms with Gasteiger partial charge in [0.25, 0.3) is 5.91 Å². The minimum atomic E-state index is -0.0337. The molecule has 0 spiro atoms. The standard InChI is InChI=1S/C16H16N2OS/c1-2-9-18(10-11-7-8-11)16(19)15-14(17)12-5-3-4-6-13(12)20-15/h1,3-6,11H,7-10,17H2. The number of anilines is 1. The summed E-state index contributed by atoms with van der Waals surface area (Å²) in [7, 11) is 0. The fraction of sp³-hybridized carbons (Fsp3) is 0.312. The molecule has 3 nitrogen and oxygen atoms in total. The van der Waals surface area contributed by atoms with Crippen LogP contribution in [0.4, 0.5) is 5.69 Å². The second-order valence-electron chi connectivity index (χ2n) is 5.17. The molecule has 1 aliphatic carbocycles. The van der Waals surface area contributed by atoms with Gasteiger partial charge in [0, 0.05) is 16.6 Å². The largest absolute Gasteiger partial charge is 0.397 e. The van der Waals surface area contributed by atoms with Gasteiger partial charge in [-0.3, -0.25) is 4.79 Å². The van der Waals surface area contributed by atoms with E-state index in [0.717, 1.165) is 16.6 Å². The molecule has 20 heavy (non-hydrogen) atoms. The molecule has 3 rings (SSSR count). The highest BCUT2D eigenvalue weighted by atomic mass is 32.1. The third-order valence-corrected chi connectivity index (χ3v) is 4.75. The van der Waals surface area contributed by atoms with E-state index >= 15 is 0 Å². The molecule has 1 aliphatic rings. The first-order valence-electron chi connectivity index (χ1n) is 6.70. The van der Waals surface area contributed by atoms with Gasteiger partial charge in [0.15, 0.2) is 0 Å². The van der Waals surface area contributed by atoms with Crippen molar-refractivity contribution in [1.82, 2.24) is 4.90 Å². The SMILES string of the molecule is C#CCN(CC1CC1)C(=O)c1sc2ccccc2c1N. The maximum Gasteiger partial charge on any atom is 0.266 e. The summed E-state index contributed by atoms with van der Waals surface area (Å²) in [6, 6.07) is 7.82. The van der Waals surface area contributed by atoms with Crippen LogP contribution in [0.15, 0.2) is 24.3 Å². The summed E-state index contributed by atoms with van der Waals surface area (Å²) in [6.45, 7) is 1.10. The highest BCUT2D eigenvalue weighted by Crippen LogP contribution is 2.35. The zero-order valence-electron chi connectivity index (χ0n) is 11.1. The summed E-state index contributed by atoms with van der Waals surface area (Å²) >= 11 is 1.45. The minimum Gasteiger partial charge on any atom is -0.397 e. The van der Waals surface area contributed by atoms with Gasteiger partial charge in [-0.25, -0.2) is 0 Å². The van der Waals surface area contributed by atoms with E-state index < -0.39 is 0 Å². The number of thiophene rings is 1. The molecule has 2 N–H and O–H groups in total. The molecule has 0 atom stereocenters. The topological polar surface area (TPSA) is 46.3 Å². The fourth-order valence-corrected chi connectivity index (χ4v) is 3.40. The van der Waals surface area contributed by atoms with Gasteiger partial charge in [-0.05, 0) is 24.8 Å². The number of terminal acetylenes is 1. The van der Waals surface area contributed by atoms with E-state index in [9.17, 15) is 4.79 Å². The second-order valence-corrected chi connectivity index (χ2v) is 6.23.